The summed E-state index contributed by atoms with van der Waals surface area (Å²) in [6.45, 7) is 4.12. The maximum atomic E-state index is 11.5. The number of rotatable bonds is 3. The second-order valence-corrected chi connectivity index (χ2v) is 3.28. The molecule has 1 heterocycles. The van der Waals surface area contributed by atoms with Crippen LogP contribution in [0.1, 0.15) is 30.0 Å². The van der Waals surface area contributed by atoms with Crippen LogP contribution in [0.2, 0.25) is 0 Å². The normalized spacial score (nSPS) is 10.2. The molecule has 0 spiro atoms. The Kier molecular flexibility index (Phi) is 3.46. The highest BCUT2D eigenvalue weighted by Crippen LogP contribution is 2.10. The van der Waals surface area contributed by atoms with Crippen LogP contribution in [0, 0.1) is 4.77 Å². The molecule has 0 unspecified atom stereocenters. The summed E-state index contributed by atoms with van der Waals surface area (Å²) in [5.41, 5.74) is 1.36. The third-order valence-corrected chi connectivity index (χ3v) is 2.38. The van der Waals surface area contributed by atoms with Crippen LogP contribution in [-0.4, -0.2) is 22.1 Å². The van der Waals surface area contributed by atoms with Gasteiger partial charge in [0.15, 0.2) is 4.77 Å². The van der Waals surface area contributed by atoms with Crippen LogP contribution in [0.5, 0.6) is 0 Å². The number of carbonyl (C=O) groups excluding carboxylic acids is 1. The van der Waals surface area contributed by atoms with Gasteiger partial charge in [0.2, 0.25) is 0 Å². The van der Waals surface area contributed by atoms with Crippen molar-refractivity contribution < 1.29 is 9.53 Å². The number of nitrogens with zero attached hydrogens (tertiary/aromatic N) is 1. The number of carbonyl (C=O) groups is 1. The van der Waals surface area contributed by atoms with Crippen molar-refractivity contribution in [3.05, 3.63) is 16.2 Å². The molecule has 1 aromatic rings. The second kappa shape index (κ2) is 4.41. The van der Waals surface area contributed by atoms with Gasteiger partial charge in [-0.2, -0.15) is 0 Å². The van der Waals surface area contributed by atoms with Crippen LogP contribution in [0.15, 0.2) is 0 Å². The molecule has 0 saturated carbocycles. The first-order valence-corrected chi connectivity index (χ1v) is 4.97. The zero-order chi connectivity index (χ0) is 10.7. The van der Waals surface area contributed by atoms with E-state index in [1.165, 1.54) is 0 Å². The molecule has 1 rings (SSSR count). The van der Waals surface area contributed by atoms with Crippen molar-refractivity contribution in [1.29, 1.82) is 0 Å². The molecule has 0 aromatic carbocycles. The molecule has 78 valence electrons. The van der Waals surface area contributed by atoms with E-state index in [-0.39, 0.29) is 5.97 Å². The number of hydrogen-bond acceptors (Lipinski definition) is 3. The van der Waals surface area contributed by atoms with Gasteiger partial charge in [-0.15, -0.1) is 0 Å². The molecule has 5 heteroatoms. The van der Waals surface area contributed by atoms with E-state index in [2.05, 4.69) is 4.98 Å². The summed E-state index contributed by atoms with van der Waals surface area (Å²) in [5.74, 6) is -0.320. The maximum absolute atomic E-state index is 11.5. The quantitative estimate of drug-likeness (QED) is 0.616. The van der Waals surface area contributed by atoms with Crippen LogP contribution in [0.3, 0.4) is 0 Å². The number of ether oxygens (including phenoxy) is 1. The van der Waals surface area contributed by atoms with E-state index in [1.807, 2.05) is 6.92 Å². The number of aromatic amines is 1. The van der Waals surface area contributed by atoms with Gasteiger partial charge in [-0.1, -0.05) is 6.92 Å². The standard InChI is InChI=1S/C9H14N2O2S/c1-4-6-7(8(12)13-5-2)11(3)9(14)10-6/h4-5H2,1-3H3,(H,10,14). The average molecular weight is 214 g/mol. The highest BCUT2D eigenvalue weighted by Gasteiger charge is 2.16. The lowest BCUT2D eigenvalue weighted by Crippen LogP contribution is -2.12. The molecule has 0 aliphatic heterocycles. The first kappa shape index (κ1) is 11.0. The minimum atomic E-state index is -0.320. The molecule has 0 aliphatic carbocycles. The van der Waals surface area contributed by atoms with Gasteiger partial charge < -0.3 is 14.3 Å². The molecule has 1 N–H and O–H groups in total. The molecule has 0 bridgehead atoms. The van der Waals surface area contributed by atoms with Gasteiger partial charge in [-0.25, -0.2) is 4.79 Å². The molecule has 14 heavy (non-hydrogen) atoms. The number of aryl methyl sites for hydroxylation is 1. The van der Waals surface area contributed by atoms with Gasteiger partial charge in [0.05, 0.1) is 6.61 Å². The number of esters is 1. The summed E-state index contributed by atoms with van der Waals surface area (Å²) in [6, 6.07) is 0. The summed E-state index contributed by atoms with van der Waals surface area (Å²) < 4.78 is 7.13. The van der Waals surface area contributed by atoms with Crippen LogP contribution >= 0.6 is 12.2 Å². The van der Waals surface area contributed by atoms with Crippen molar-refractivity contribution in [1.82, 2.24) is 9.55 Å². The highest BCUT2D eigenvalue weighted by atomic mass is 32.1. The van der Waals surface area contributed by atoms with Gasteiger partial charge in [0.25, 0.3) is 0 Å². The summed E-state index contributed by atoms with van der Waals surface area (Å²) >= 11 is 5.03. The minimum Gasteiger partial charge on any atom is -0.461 e. The number of aromatic nitrogens is 2. The van der Waals surface area contributed by atoms with E-state index < -0.39 is 0 Å². The van der Waals surface area contributed by atoms with Gasteiger partial charge in [-0.3, -0.25) is 0 Å². The fourth-order valence-electron chi connectivity index (χ4n) is 1.29. The number of hydrogen-bond donors (Lipinski definition) is 1. The van der Waals surface area contributed by atoms with Crippen molar-refractivity contribution in [3.8, 4) is 0 Å². The highest BCUT2D eigenvalue weighted by molar-refractivity contribution is 7.71. The predicted octanol–water partition coefficient (Wildman–Crippen LogP) is 1.82. The van der Waals surface area contributed by atoms with Crippen molar-refractivity contribution >= 4 is 18.2 Å². The molecule has 0 saturated heterocycles. The van der Waals surface area contributed by atoms with Gasteiger partial charge >= 0.3 is 5.97 Å². The molecular formula is C9H14N2O2S. The first-order chi connectivity index (χ1) is 6.61. The zero-order valence-electron chi connectivity index (χ0n) is 8.59. The number of nitrogens with one attached hydrogen (secondary N) is 1. The van der Waals surface area contributed by atoms with E-state index in [0.717, 1.165) is 12.1 Å². The molecule has 0 amide bonds. The zero-order valence-corrected chi connectivity index (χ0v) is 9.40. The van der Waals surface area contributed by atoms with Gasteiger partial charge in [0.1, 0.15) is 5.69 Å². The maximum Gasteiger partial charge on any atom is 0.356 e. The lowest BCUT2D eigenvalue weighted by molar-refractivity contribution is 0.0513. The fraction of sp³-hybridized carbons (Fsp3) is 0.556. The van der Waals surface area contributed by atoms with Gasteiger partial charge in [-0.05, 0) is 25.6 Å². The lowest BCUT2D eigenvalue weighted by atomic mass is 10.2. The van der Waals surface area contributed by atoms with Crippen LogP contribution in [0.4, 0.5) is 0 Å². The molecular weight excluding hydrogens is 200 g/mol. The summed E-state index contributed by atoms with van der Waals surface area (Å²) in [4.78, 5) is 14.5. The van der Waals surface area contributed by atoms with Crippen LogP contribution in [-0.2, 0) is 18.2 Å². The molecule has 1 aromatic heterocycles. The molecule has 0 atom stereocenters. The fourth-order valence-corrected chi connectivity index (χ4v) is 1.51. The Morgan fingerprint density at radius 2 is 2.21 bits per heavy atom. The van der Waals surface area contributed by atoms with E-state index in [4.69, 9.17) is 17.0 Å². The van der Waals surface area contributed by atoms with Crippen molar-refractivity contribution in [2.75, 3.05) is 6.61 Å². The number of imidazole rings is 1. The Labute approximate surface area is 87.9 Å². The Morgan fingerprint density at radius 3 is 2.71 bits per heavy atom. The van der Waals surface area contributed by atoms with E-state index in [9.17, 15) is 4.79 Å². The van der Waals surface area contributed by atoms with Crippen molar-refractivity contribution in [2.45, 2.75) is 20.3 Å². The Morgan fingerprint density at radius 1 is 1.57 bits per heavy atom. The Bertz CT molecular complexity index is 392. The van der Waals surface area contributed by atoms with E-state index in [1.54, 1.807) is 18.5 Å². The number of H-pyrrole nitrogens is 1. The third-order valence-electron chi connectivity index (χ3n) is 2.01. The first-order valence-electron chi connectivity index (χ1n) is 4.56. The van der Waals surface area contributed by atoms with Gasteiger partial charge in [0, 0.05) is 12.7 Å². The Balaban J connectivity index is 3.17. The largest absolute Gasteiger partial charge is 0.461 e. The topological polar surface area (TPSA) is 47.0 Å². The molecule has 0 radical (unpaired) electrons. The SMILES string of the molecule is CCOC(=O)c1c(CC)[nH]c(=S)n1C. The monoisotopic (exact) mass is 214 g/mol. The van der Waals surface area contributed by atoms with Crippen molar-refractivity contribution in [3.63, 3.8) is 0 Å². The van der Waals surface area contributed by atoms with E-state index >= 15 is 0 Å². The van der Waals surface area contributed by atoms with Crippen molar-refractivity contribution in [2.24, 2.45) is 7.05 Å². The van der Waals surface area contributed by atoms with E-state index in [0.29, 0.717) is 17.1 Å². The lowest BCUT2D eigenvalue weighted by Gasteiger charge is -2.03. The molecule has 0 fully saturated rings. The molecule has 0 aliphatic rings. The average Bonchev–Trinajstić information content (AvgIpc) is 2.43. The second-order valence-electron chi connectivity index (χ2n) is 2.89. The molecule has 4 nitrogen and oxygen atoms in total. The van der Waals surface area contributed by atoms with Crippen LogP contribution in [0.25, 0.3) is 0 Å². The summed E-state index contributed by atoms with van der Waals surface area (Å²) in [5, 5.41) is 0. The smallest absolute Gasteiger partial charge is 0.356 e. The third kappa shape index (κ3) is 1.87. The summed E-state index contributed by atoms with van der Waals surface area (Å²) in [7, 11) is 1.75. The Hall–Kier alpha value is -1.10. The van der Waals surface area contributed by atoms with Crippen LogP contribution < -0.4 is 0 Å². The predicted molar refractivity (Wildman–Crippen MR) is 55.9 cm³/mol. The minimum absolute atomic E-state index is 0.320. The summed E-state index contributed by atoms with van der Waals surface area (Å²) in [6.07, 6.45) is 0.735.